The maximum atomic E-state index is 12.9. The second-order valence-corrected chi connectivity index (χ2v) is 10.4. The normalized spacial score (nSPS) is 15.0. The van der Waals surface area contributed by atoms with Crippen molar-refractivity contribution in [3.8, 4) is 11.1 Å². The van der Waals surface area contributed by atoms with E-state index in [1.54, 1.807) is 12.1 Å². The number of anilines is 1. The van der Waals surface area contributed by atoms with Crippen molar-refractivity contribution in [2.75, 3.05) is 5.32 Å². The second kappa shape index (κ2) is 7.29. The topological polar surface area (TPSA) is 112 Å². The van der Waals surface area contributed by atoms with E-state index in [1.807, 2.05) is 29.6 Å². The molecule has 156 valence electrons. The highest BCUT2D eigenvalue weighted by Gasteiger charge is 2.37. The Morgan fingerprint density at radius 2 is 1.81 bits per heavy atom. The van der Waals surface area contributed by atoms with E-state index in [9.17, 15) is 18.0 Å². The van der Waals surface area contributed by atoms with E-state index in [4.69, 9.17) is 0 Å². The number of para-hydroxylation sites is 1. The first-order chi connectivity index (χ1) is 14.8. The van der Waals surface area contributed by atoms with Crippen LogP contribution in [0.2, 0.25) is 0 Å². The van der Waals surface area contributed by atoms with Gasteiger partial charge in [-0.2, -0.15) is 0 Å². The van der Waals surface area contributed by atoms with Gasteiger partial charge < -0.3 is 10.3 Å². The number of fused-ring (bicyclic) bond motifs is 2. The Morgan fingerprint density at radius 3 is 2.58 bits per heavy atom. The van der Waals surface area contributed by atoms with Gasteiger partial charge in [-0.05, 0) is 29.8 Å². The molecule has 0 fully saturated rings. The number of carbonyl (C=O) groups is 1. The van der Waals surface area contributed by atoms with Gasteiger partial charge in [0.2, 0.25) is 0 Å². The van der Waals surface area contributed by atoms with Gasteiger partial charge in [0.05, 0.1) is 17.6 Å². The molecule has 31 heavy (non-hydrogen) atoms. The molecule has 11 heteroatoms. The lowest BCUT2D eigenvalue weighted by atomic mass is 10.1. The summed E-state index contributed by atoms with van der Waals surface area (Å²) in [5, 5.41) is 4.81. The molecule has 3 heterocycles. The minimum Gasteiger partial charge on any atom is -0.308 e. The Morgan fingerprint density at radius 1 is 1.06 bits per heavy atom. The quantitative estimate of drug-likeness (QED) is 0.424. The number of amides is 2. The Kier molecular flexibility index (Phi) is 4.68. The number of H-pyrrole nitrogens is 1. The molecular formula is C20H13BrN4O4S2. The first-order valence-corrected chi connectivity index (χ1v) is 12.1. The number of thiophene rings is 1. The summed E-state index contributed by atoms with van der Waals surface area (Å²) in [6.45, 7) is -0.390. The number of carbonyl (C=O) groups excluding carboxylic acids is 1. The first-order valence-electron chi connectivity index (χ1n) is 9.04. The second-order valence-electron chi connectivity index (χ2n) is 6.79. The number of aromatic nitrogens is 2. The van der Waals surface area contributed by atoms with Crippen LogP contribution in [0.5, 0.6) is 0 Å². The van der Waals surface area contributed by atoms with E-state index in [1.165, 1.54) is 23.5 Å². The number of nitrogens with zero attached hydrogens (tertiary/aromatic N) is 2. The Balaban J connectivity index is 1.54. The first kappa shape index (κ1) is 19.9. The Bertz CT molecular complexity index is 1510. The molecule has 1 aliphatic heterocycles. The summed E-state index contributed by atoms with van der Waals surface area (Å²) in [6, 6.07) is 12.9. The average molecular weight is 517 g/mol. The SMILES string of the molecule is O=C1Nc2ccccc2S(=O)(=O)N1Cc1nc2scc(-c3ccc(Br)cc3)c2c(=O)[nH]1. The molecule has 0 saturated carbocycles. The minimum atomic E-state index is -4.08. The average Bonchev–Trinajstić information content (AvgIpc) is 3.16. The van der Waals surface area contributed by atoms with E-state index < -0.39 is 21.6 Å². The molecule has 2 N–H and O–H groups in total. The van der Waals surface area contributed by atoms with E-state index in [2.05, 4.69) is 31.2 Å². The van der Waals surface area contributed by atoms with Crippen LogP contribution in [0, 0.1) is 0 Å². The number of nitrogens with one attached hydrogen (secondary N) is 2. The summed E-state index contributed by atoms with van der Waals surface area (Å²) >= 11 is 4.67. The summed E-state index contributed by atoms with van der Waals surface area (Å²) in [7, 11) is -4.08. The zero-order valence-electron chi connectivity index (χ0n) is 15.6. The molecule has 5 rings (SSSR count). The van der Waals surface area contributed by atoms with Crippen molar-refractivity contribution in [2.45, 2.75) is 11.4 Å². The van der Waals surface area contributed by atoms with Gasteiger partial charge in [0, 0.05) is 15.4 Å². The van der Waals surface area contributed by atoms with E-state index in [0.29, 0.717) is 14.5 Å². The highest BCUT2D eigenvalue weighted by atomic mass is 79.9. The van der Waals surface area contributed by atoms with Crippen molar-refractivity contribution in [1.29, 1.82) is 0 Å². The predicted octanol–water partition coefficient (Wildman–Crippen LogP) is 4.15. The molecule has 0 unspecified atom stereocenters. The minimum absolute atomic E-state index is 0.00771. The van der Waals surface area contributed by atoms with Gasteiger partial charge in [-0.15, -0.1) is 11.3 Å². The number of rotatable bonds is 3. The van der Waals surface area contributed by atoms with Crippen LogP contribution in [0.15, 0.2) is 68.1 Å². The molecule has 0 atom stereocenters. The van der Waals surface area contributed by atoms with Crippen molar-refractivity contribution < 1.29 is 13.2 Å². The Labute approximate surface area is 188 Å². The van der Waals surface area contributed by atoms with Gasteiger partial charge in [0.15, 0.2) is 0 Å². The molecule has 2 aromatic heterocycles. The van der Waals surface area contributed by atoms with Crippen molar-refractivity contribution >= 4 is 59.2 Å². The zero-order chi connectivity index (χ0) is 21.8. The molecule has 0 radical (unpaired) electrons. The van der Waals surface area contributed by atoms with Crippen LogP contribution >= 0.6 is 27.3 Å². The molecule has 0 bridgehead atoms. The lowest BCUT2D eigenvalue weighted by molar-refractivity contribution is 0.233. The molecule has 0 spiro atoms. The predicted molar refractivity (Wildman–Crippen MR) is 122 cm³/mol. The molecule has 4 aromatic rings. The molecule has 1 aliphatic rings. The number of urea groups is 1. The lowest BCUT2D eigenvalue weighted by Crippen LogP contribution is -2.43. The van der Waals surface area contributed by atoms with Crippen molar-refractivity contribution in [2.24, 2.45) is 0 Å². The third kappa shape index (κ3) is 3.34. The third-order valence-electron chi connectivity index (χ3n) is 4.86. The van der Waals surface area contributed by atoms with Crippen LogP contribution in [-0.2, 0) is 16.6 Å². The fourth-order valence-corrected chi connectivity index (χ4v) is 6.08. The lowest BCUT2D eigenvalue weighted by Gasteiger charge is -2.28. The number of aromatic amines is 1. The summed E-state index contributed by atoms with van der Waals surface area (Å²) in [5.74, 6) is 0.0832. The highest BCUT2D eigenvalue weighted by Crippen LogP contribution is 2.33. The fraction of sp³-hybridized carbons (Fsp3) is 0.0500. The molecule has 8 nitrogen and oxygen atoms in total. The van der Waals surface area contributed by atoms with Crippen molar-refractivity contribution in [3.63, 3.8) is 0 Å². The number of sulfonamides is 1. The molecular weight excluding hydrogens is 504 g/mol. The largest absolute Gasteiger partial charge is 0.336 e. The standard InChI is InChI=1S/C20H13BrN4O4S2/c21-12-7-5-11(6-8-12)13-10-30-19-17(13)18(26)23-16(24-19)9-25-20(27)22-14-3-1-2-4-15(14)31(25,28)29/h1-8,10H,9H2,(H,22,27)(H,23,24,26). The Hall–Kier alpha value is -3.02. The van der Waals surface area contributed by atoms with E-state index in [-0.39, 0.29) is 23.0 Å². The number of halogens is 1. The van der Waals surface area contributed by atoms with Crippen LogP contribution < -0.4 is 10.9 Å². The number of hydrogen-bond acceptors (Lipinski definition) is 6. The van der Waals surface area contributed by atoms with Gasteiger partial charge >= 0.3 is 6.03 Å². The molecule has 0 aliphatic carbocycles. The summed E-state index contributed by atoms with van der Waals surface area (Å²) in [4.78, 5) is 32.8. The van der Waals surface area contributed by atoms with Crippen LogP contribution in [0.4, 0.5) is 10.5 Å². The van der Waals surface area contributed by atoms with E-state index >= 15 is 0 Å². The van der Waals surface area contributed by atoms with Gasteiger partial charge in [-0.3, -0.25) is 4.79 Å². The number of benzene rings is 2. The summed E-state index contributed by atoms with van der Waals surface area (Å²) in [5.41, 5.74) is 1.43. The smallest absolute Gasteiger partial charge is 0.308 e. The van der Waals surface area contributed by atoms with Gasteiger partial charge in [-0.1, -0.05) is 40.2 Å². The van der Waals surface area contributed by atoms with Crippen molar-refractivity contribution in [1.82, 2.24) is 14.3 Å². The number of hydrogen-bond donors (Lipinski definition) is 2. The molecule has 0 saturated heterocycles. The van der Waals surface area contributed by atoms with Crippen LogP contribution in [0.1, 0.15) is 5.82 Å². The summed E-state index contributed by atoms with van der Waals surface area (Å²) in [6.07, 6.45) is 0. The zero-order valence-corrected chi connectivity index (χ0v) is 18.8. The van der Waals surface area contributed by atoms with Gasteiger partial charge in [-0.25, -0.2) is 22.5 Å². The monoisotopic (exact) mass is 516 g/mol. The maximum absolute atomic E-state index is 12.9. The molecule has 2 aromatic carbocycles. The van der Waals surface area contributed by atoms with Crippen LogP contribution in [0.25, 0.3) is 21.3 Å². The van der Waals surface area contributed by atoms with Gasteiger partial charge in [0.25, 0.3) is 15.6 Å². The fourth-order valence-electron chi connectivity index (χ4n) is 3.40. The third-order valence-corrected chi connectivity index (χ3v) is 8.05. The maximum Gasteiger partial charge on any atom is 0.336 e. The summed E-state index contributed by atoms with van der Waals surface area (Å²) < 4.78 is 27.4. The molecule has 2 amide bonds. The van der Waals surface area contributed by atoms with Gasteiger partial charge in [0.1, 0.15) is 15.6 Å². The van der Waals surface area contributed by atoms with Crippen molar-refractivity contribution in [3.05, 3.63) is 74.6 Å². The van der Waals surface area contributed by atoms with Crippen LogP contribution in [0.3, 0.4) is 0 Å². The van der Waals surface area contributed by atoms with E-state index in [0.717, 1.165) is 15.6 Å². The van der Waals surface area contributed by atoms with Crippen LogP contribution in [-0.4, -0.2) is 28.7 Å². The highest BCUT2D eigenvalue weighted by molar-refractivity contribution is 9.10.